The largest absolute Gasteiger partial charge is 0.462 e. The molecular weight excluding hydrogens is 1010 g/mol. The summed E-state index contributed by atoms with van der Waals surface area (Å²) in [6.45, 7) is 6.68. The summed E-state index contributed by atoms with van der Waals surface area (Å²) in [5, 5.41) is 0. The number of unbranched alkanes of at least 4 members (excludes halogenated alkanes) is 49. The topological polar surface area (TPSA) is 78.9 Å². The van der Waals surface area contributed by atoms with Crippen LogP contribution in [0.1, 0.15) is 400 Å². The van der Waals surface area contributed by atoms with Crippen molar-refractivity contribution in [1.82, 2.24) is 0 Å². The van der Waals surface area contributed by atoms with Crippen LogP contribution in [0, 0.1) is 0 Å². The number of rotatable bonds is 68. The molecule has 0 N–H and O–H groups in total. The van der Waals surface area contributed by atoms with Gasteiger partial charge in [0.25, 0.3) is 0 Å². The first kappa shape index (κ1) is 79.4. The molecule has 0 heterocycles. The fourth-order valence-corrected chi connectivity index (χ4v) is 11.0. The summed E-state index contributed by atoms with van der Waals surface area (Å²) in [6, 6.07) is 0. The van der Waals surface area contributed by atoms with Gasteiger partial charge >= 0.3 is 17.9 Å². The zero-order chi connectivity index (χ0) is 59.2. The monoisotopic (exact) mass is 1150 g/mol. The first-order valence-corrected chi connectivity index (χ1v) is 36.6. The number of esters is 3. The van der Waals surface area contributed by atoms with Gasteiger partial charge in [0.1, 0.15) is 13.2 Å². The van der Waals surface area contributed by atoms with Crippen LogP contribution in [0.25, 0.3) is 0 Å². The summed E-state index contributed by atoms with van der Waals surface area (Å²) >= 11 is 0. The van der Waals surface area contributed by atoms with Crippen LogP contribution >= 0.6 is 0 Å². The molecule has 0 aliphatic carbocycles. The Kier molecular flexibility index (Phi) is 68.6. The Labute approximate surface area is 511 Å². The van der Waals surface area contributed by atoms with Crippen LogP contribution in [-0.2, 0) is 28.6 Å². The molecule has 480 valence electrons. The van der Waals surface area contributed by atoms with E-state index in [1.165, 1.54) is 289 Å². The van der Waals surface area contributed by atoms with Crippen LogP contribution in [-0.4, -0.2) is 37.2 Å². The third-order valence-electron chi connectivity index (χ3n) is 16.5. The van der Waals surface area contributed by atoms with E-state index in [4.69, 9.17) is 14.2 Å². The van der Waals surface area contributed by atoms with Crippen molar-refractivity contribution in [3.63, 3.8) is 0 Å². The zero-order valence-corrected chi connectivity index (χ0v) is 55.3. The smallest absolute Gasteiger partial charge is 0.306 e. The minimum absolute atomic E-state index is 0.0724. The lowest BCUT2D eigenvalue weighted by Crippen LogP contribution is -2.30. The van der Waals surface area contributed by atoms with Crippen LogP contribution in [0.5, 0.6) is 0 Å². The highest BCUT2D eigenvalue weighted by molar-refractivity contribution is 5.71. The highest BCUT2D eigenvalue weighted by Gasteiger charge is 2.19. The van der Waals surface area contributed by atoms with Crippen molar-refractivity contribution in [2.75, 3.05) is 13.2 Å². The van der Waals surface area contributed by atoms with E-state index in [0.29, 0.717) is 19.3 Å². The number of ether oxygens (including phenoxy) is 3. The van der Waals surface area contributed by atoms with Crippen molar-refractivity contribution in [3.8, 4) is 0 Å². The molecule has 6 nitrogen and oxygen atoms in total. The molecule has 0 aliphatic heterocycles. The number of carbonyl (C=O) groups is 3. The van der Waals surface area contributed by atoms with Crippen molar-refractivity contribution in [2.45, 2.75) is 406 Å². The second-order valence-corrected chi connectivity index (χ2v) is 24.8. The van der Waals surface area contributed by atoms with E-state index in [1.807, 2.05) is 0 Å². The molecule has 0 amide bonds. The van der Waals surface area contributed by atoms with E-state index >= 15 is 0 Å². The van der Waals surface area contributed by atoms with Gasteiger partial charge in [-0.05, 0) is 103 Å². The highest BCUT2D eigenvalue weighted by Crippen LogP contribution is 2.18. The maximum Gasteiger partial charge on any atom is 0.306 e. The molecule has 0 spiro atoms. The standard InChI is InChI=1S/C76H140O6/c1-4-7-10-13-16-19-22-25-28-30-32-34-35-36-37-38-39-40-41-43-44-46-48-51-54-57-60-63-66-69-75(78)81-72-73(71-80-74(77)68-65-62-59-56-53-50-27-24-21-18-15-12-9-6-3)82-76(79)70-67-64-61-58-55-52-49-47-45-42-33-31-29-26-23-20-17-14-11-8-5-2/h22,24-25,27,30-33,73H,4-21,23,26,28-29,34-72H2,1-3H3/b25-22-,27-24-,32-30-,33-31-. The van der Waals surface area contributed by atoms with Gasteiger partial charge in [-0.25, -0.2) is 0 Å². The van der Waals surface area contributed by atoms with Gasteiger partial charge < -0.3 is 14.2 Å². The summed E-state index contributed by atoms with van der Waals surface area (Å²) < 4.78 is 17.0. The molecule has 0 radical (unpaired) electrons. The third-order valence-corrected chi connectivity index (χ3v) is 16.5. The molecule has 6 heteroatoms. The van der Waals surface area contributed by atoms with Gasteiger partial charge in [-0.3, -0.25) is 14.4 Å². The van der Waals surface area contributed by atoms with Crippen LogP contribution in [0.2, 0.25) is 0 Å². The van der Waals surface area contributed by atoms with Gasteiger partial charge in [-0.1, -0.05) is 326 Å². The molecule has 0 fully saturated rings. The van der Waals surface area contributed by atoms with E-state index in [2.05, 4.69) is 69.4 Å². The number of hydrogen-bond acceptors (Lipinski definition) is 6. The molecule has 0 saturated heterocycles. The van der Waals surface area contributed by atoms with Crippen LogP contribution < -0.4 is 0 Å². The normalized spacial score (nSPS) is 12.3. The fourth-order valence-electron chi connectivity index (χ4n) is 11.0. The lowest BCUT2D eigenvalue weighted by Gasteiger charge is -2.18. The number of allylic oxidation sites excluding steroid dienone is 8. The molecular formula is C76H140O6. The van der Waals surface area contributed by atoms with E-state index in [-0.39, 0.29) is 31.1 Å². The Morgan fingerprint density at radius 2 is 0.439 bits per heavy atom. The summed E-state index contributed by atoms with van der Waals surface area (Å²) in [5.41, 5.74) is 0. The molecule has 82 heavy (non-hydrogen) atoms. The SMILES string of the molecule is CCCCCCC/C=C\C/C=C\CCCCCCCCCCCCCCCCCCCC(=O)OCC(COC(=O)CCCCCCC/C=C\CCCCCCC)OC(=O)CCCCCCCCCCC/C=C\CCCCCCCCCC. The van der Waals surface area contributed by atoms with Crippen LogP contribution in [0.15, 0.2) is 48.6 Å². The van der Waals surface area contributed by atoms with Crippen molar-refractivity contribution in [1.29, 1.82) is 0 Å². The Hall–Kier alpha value is -2.63. The third kappa shape index (κ3) is 68.2. The Morgan fingerprint density at radius 3 is 0.683 bits per heavy atom. The van der Waals surface area contributed by atoms with E-state index in [1.54, 1.807) is 0 Å². The van der Waals surface area contributed by atoms with Gasteiger partial charge in [-0.15, -0.1) is 0 Å². The Balaban J connectivity index is 4.22. The quantitative estimate of drug-likeness (QED) is 0.0261. The fraction of sp³-hybridized carbons (Fsp3) is 0.855. The second-order valence-electron chi connectivity index (χ2n) is 24.8. The highest BCUT2D eigenvalue weighted by atomic mass is 16.6. The molecule has 1 unspecified atom stereocenters. The molecule has 0 aromatic carbocycles. The summed E-state index contributed by atoms with van der Waals surface area (Å²) in [4.78, 5) is 38.5. The molecule has 0 saturated carbocycles. The van der Waals surface area contributed by atoms with Crippen molar-refractivity contribution in [2.24, 2.45) is 0 Å². The van der Waals surface area contributed by atoms with Gasteiger partial charge in [0.15, 0.2) is 6.10 Å². The van der Waals surface area contributed by atoms with E-state index < -0.39 is 6.10 Å². The first-order chi connectivity index (χ1) is 40.5. The average molecular weight is 1150 g/mol. The summed E-state index contributed by atoms with van der Waals surface area (Å²) in [6.07, 6.45) is 90.1. The maximum absolute atomic E-state index is 13.0. The van der Waals surface area contributed by atoms with Crippen molar-refractivity contribution < 1.29 is 28.6 Å². The van der Waals surface area contributed by atoms with Crippen molar-refractivity contribution in [3.05, 3.63) is 48.6 Å². The minimum Gasteiger partial charge on any atom is -0.462 e. The van der Waals surface area contributed by atoms with E-state index in [0.717, 1.165) is 70.6 Å². The lowest BCUT2D eigenvalue weighted by molar-refractivity contribution is -0.167. The van der Waals surface area contributed by atoms with Crippen LogP contribution in [0.4, 0.5) is 0 Å². The van der Waals surface area contributed by atoms with Crippen molar-refractivity contribution >= 4 is 17.9 Å². The zero-order valence-electron chi connectivity index (χ0n) is 55.3. The summed E-state index contributed by atoms with van der Waals surface area (Å²) in [7, 11) is 0. The molecule has 0 bridgehead atoms. The molecule has 1 atom stereocenters. The predicted octanol–water partition coefficient (Wildman–Crippen LogP) is 25.3. The first-order valence-electron chi connectivity index (χ1n) is 36.6. The van der Waals surface area contributed by atoms with Gasteiger partial charge in [-0.2, -0.15) is 0 Å². The Morgan fingerprint density at radius 1 is 0.244 bits per heavy atom. The van der Waals surface area contributed by atoms with Crippen LogP contribution in [0.3, 0.4) is 0 Å². The Bertz CT molecular complexity index is 1410. The minimum atomic E-state index is -0.777. The second kappa shape index (κ2) is 70.9. The maximum atomic E-state index is 13.0. The molecule has 0 aliphatic rings. The molecule has 0 aromatic heterocycles. The average Bonchev–Trinajstić information content (AvgIpc) is 3.47. The lowest BCUT2D eigenvalue weighted by atomic mass is 10.0. The van der Waals surface area contributed by atoms with Gasteiger partial charge in [0.2, 0.25) is 0 Å². The predicted molar refractivity (Wildman–Crippen MR) is 358 cm³/mol. The van der Waals surface area contributed by atoms with E-state index in [9.17, 15) is 14.4 Å². The molecule has 0 aromatic rings. The summed E-state index contributed by atoms with van der Waals surface area (Å²) in [5.74, 6) is -0.856. The van der Waals surface area contributed by atoms with Gasteiger partial charge in [0.05, 0.1) is 0 Å². The number of carbonyl (C=O) groups excluding carboxylic acids is 3. The van der Waals surface area contributed by atoms with Gasteiger partial charge in [0, 0.05) is 19.3 Å². The molecule has 0 rings (SSSR count). The number of hydrogen-bond donors (Lipinski definition) is 0.